The van der Waals surface area contributed by atoms with Gasteiger partial charge in [-0.15, -0.1) is 0 Å². The molecule has 2 heterocycles. The number of fused-ring (bicyclic) bond motifs is 2. The van der Waals surface area contributed by atoms with Gasteiger partial charge in [0.05, 0.1) is 22.7 Å². The van der Waals surface area contributed by atoms with Crippen LogP contribution in [0.4, 0.5) is 14.5 Å². The van der Waals surface area contributed by atoms with E-state index >= 15 is 4.39 Å². The minimum absolute atomic E-state index is 0.0586. The fraction of sp³-hybridized carbons (Fsp3) is 0.333. The number of H-pyrrole nitrogens is 1. The lowest BCUT2D eigenvalue weighted by Gasteiger charge is -2.42. The Balaban J connectivity index is 2.00. The molecule has 26 heavy (non-hydrogen) atoms. The summed E-state index contributed by atoms with van der Waals surface area (Å²) in [7, 11) is 0. The van der Waals surface area contributed by atoms with Crippen molar-refractivity contribution in [1.82, 2.24) is 4.98 Å². The molecule has 3 nitrogen and oxygen atoms in total. The highest BCUT2D eigenvalue weighted by Crippen LogP contribution is 2.45. The predicted octanol–water partition coefficient (Wildman–Crippen LogP) is 5.09. The first kappa shape index (κ1) is 17.0. The highest BCUT2D eigenvalue weighted by molar-refractivity contribution is 5.96. The van der Waals surface area contributed by atoms with Gasteiger partial charge in [0.25, 0.3) is 0 Å². The van der Waals surface area contributed by atoms with Crippen LogP contribution in [0.2, 0.25) is 0 Å². The number of rotatable bonds is 1. The van der Waals surface area contributed by atoms with E-state index in [9.17, 15) is 9.50 Å². The predicted molar refractivity (Wildman–Crippen MR) is 101 cm³/mol. The third-order valence-corrected chi connectivity index (χ3v) is 5.57. The summed E-state index contributed by atoms with van der Waals surface area (Å²) in [6.07, 6.45) is 1.05. The van der Waals surface area contributed by atoms with Gasteiger partial charge in [0.15, 0.2) is 0 Å². The summed E-state index contributed by atoms with van der Waals surface area (Å²) in [6, 6.07) is 6.78. The molecule has 0 amide bonds. The van der Waals surface area contributed by atoms with E-state index in [1.807, 2.05) is 33.0 Å². The molecule has 4 rings (SSSR count). The van der Waals surface area contributed by atoms with Gasteiger partial charge in [-0.25, -0.2) is 8.78 Å². The molecule has 5 heteroatoms. The zero-order chi connectivity index (χ0) is 18.8. The number of aromatic nitrogens is 1. The molecule has 136 valence electrons. The molecule has 0 radical (unpaired) electrons. The van der Waals surface area contributed by atoms with Gasteiger partial charge < -0.3 is 15.4 Å². The summed E-state index contributed by atoms with van der Waals surface area (Å²) >= 11 is 0. The molecule has 2 atom stereocenters. The number of anilines is 1. The van der Waals surface area contributed by atoms with Crippen LogP contribution in [0.5, 0.6) is 0 Å². The summed E-state index contributed by atoms with van der Waals surface area (Å²) in [5.74, 6) is -1.69. The fourth-order valence-corrected chi connectivity index (χ4v) is 4.14. The number of hydrogen-bond donors (Lipinski definition) is 3. The monoisotopic (exact) mass is 356 g/mol. The summed E-state index contributed by atoms with van der Waals surface area (Å²) < 4.78 is 30.5. The second kappa shape index (κ2) is 5.55. The van der Waals surface area contributed by atoms with Gasteiger partial charge in [-0.1, -0.05) is 25.1 Å². The second-order valence-electron chi connectivity index (χ2n) is 7.79. The van der Waals surface area contributed by atoms with E-state index in [1.165, 1.54) is 6.07 Å². The molecule has 0 saturated heterocycles. The molecule has 0 spiro atoms. The van der Waals surface area contributed by atoms with Crippen LogP contribution in [0.15, 0.2) is 30.5 Å². The normalized spacial score (nSPS) is 21.5. The largest absolute Gasteiger partial charge is 0.390 e. The van der Waals surface area contributed by atoms with Crippen LogP contribution in [-0.2, 0) is 0 Å². The highest BCUT2D eigenvalue weighted by atomic mass is 19.1. The van der Waals surface area contributed by atoms with E-state index in [0.717, 1.165) is 10.9 Å². The molecule has 2 aromatic carbocycles. The van der Waals surface area contributed by atoms with E-state index in [1.54, 1.807) is 19.1 Å². The average Bonchev–Trinajstić information content (AvgIpc) is 2.94. The first-order chi connectivity index (χ1) is 12.2. The number of halogens is 2. The Morgan fingerprint density at radius 1 is 1.19 bits per heavy atom. The second-order valence-corrected chi connectivity index (χ2v) is 7.79. The van der Waals surface area contributed by atoms with Crippen molar-refractivity contribution in [3.05, 3.63) is 53.2 Å². The summed E-state index contributed by atoms with van der Waals surface area (Å²) in [6.45, 7) is 7.37. The molecular weight excluding hydrogens is 334 g/mol. The van der Waals surface area contributed by atoms with Gasteiger partial charge in [-0.3, -0.25) is 0 Å². The fourth-order valence-electron chi connectivity index (χ4n) is 4.14. The van der Waals surface area contributed by atoms with Crippen molar-refractivity contribution in [2.45, 2.75) is 45.3 Å². The Morgan fingerprint density at radius 2 is 1.92 bits per heavy atom. The maximum absolute atomic E-state index is 15.5. The van der Waals surface area contributed by atoms with Crippen LogP contribution < -0.4 is 5.32 Å². The molecule has 3 N–H and O–H groups in total. The van der Waals surface area contributed by atoms with Gasteiger partial charge in [-0.2, -0.15) is 0 Å². The van der Waals surface area contributed by atoms with Gasteiger partial charge in [0.2, 0.25) is 0 Å². The lowest BCUT2D eigenvalue weighted by atomic mass is 9.78. The average molecular weight is 356 g/mol. The van der Waals surface area contributed by atoms with Crippen LogP contribution in [0, 0.1) is 18.6 Å². The van der Waals surface area contributed by atoms with Crippen LogP contribution in [0.1, 0.15) is 37.8 Å². The molecule has 0 saturated carbocycles. The molecular formula is C21H22F2N2O. The number of para-hydroxylation sites is 1. The van der Waals surface area contributed by atoms with Crippen LogP contribution >= 0.6 is 0 Å². The van der Waals surface area contributed by atoms with Crippen molar-refractivity contribution in [2.75, 3.05) is 5.32 Å². The number of aliphatic hydroxyl groups is 1. The van der Waals surface area contributed by atoms with Crippen LogP contribution in [0.25, 0.3) is 22.0 Å². The highest BCUT2D eigenvalue weighted by Gasteiger charge is 2.41. The lowest BCUT2D eigenvalue weighted by Crippen LogP contribution is -2.50. The number of nitrogens with one attached hydrogen (secondary N) is 2. The van der Waals surface area contributed by atoms with E-state index in [-0.39, 0.29) is 5.56 Å². The lowest BCUT2D eigenvalue weighted by molar-refractivity contribution is 0.0854. The molecule has 0 bridgehead atoms. The number of aryl methyl sites for hydroxylation is 1. The van der Waals surface area contributed by atoms with Gasteiger partial charge in [0.1, 0.15) is 11.6 Å². The topological polar surface area (TPSA) is 48.0 Å². The van der Waals surface area contributed by atoms with Gasteiger partial charge in [0, 0.05) is 34.3 Å². The van der Waals surface area contributed by atoms with Crippen molar-refractivity contribution < 1.29 is 13.9 Å². The standard InChI is InChI=1S/C21H22F2N2O/c1-10-9-24-19-12(10)6-5-7-13(19)17-14(22)8-15-16(18(17)23)11(2)20(26)21(3,4)25-15/h5-9,11,20,24-26H,1-4H3/t11-,20?/m0/s1. The molecule has 1 unspecified atom stereocenters. The maximum Gasteiger partial charge on any atom is 0.139 e. The van der Waals surface area contributed by atoms with Crippen LogP contribution in [0.3, 0.4) is 0 Å². The van der Waals surface area contributed by atoms with E-state index in [0.29, 0.717) is 22.3 Å². The number of aliphatic hydroxyl groups excluding tert-OH is 1. The van der Waals surface area contributed by atoms with Crippen molar-refractivity contribution >= 4 is 16.6 Å². The number of hydrogen-bond acceptors (Lipinski definition) is 2. The van der Waals surface area contributed by atoms with Crippen molar-refractivity contribution in [1.29, 1.82) is 0 Å². The summed E-state index contributed by atoms with van der Waals surface area (Å²) in [5.41, 5.74) is 2.23. The third-order valence-electron chi connectivity index (χ3n) is 5.57. The Hall–Kier alpha value is -2.40. The molecule has 1 aromatic heterocycles. The smallest absolute Gasteiger partial charge is 0.139 e. The Bertz CT molecular complexity index is 1020. The van der Waals surface area contributed by atoms with Crippen molar-refractivity contribution in [3.63, 3.8) is 0 Å². The minimum atomic E-state index is -0.786. The zero-order valence-corrected chi connectivity index (χ0v) is 15.2. The Morgan fingerprint density at radius 3 is 2.65 bits per heavy atom. The maximum atomic E-state index is 15.5. The van der Waals surface area contributed by atoms with Crippen molar-refractivity contribution in [3.8, 4) is 11.1 Å². The summed E-state index contributed by atoms with van der Waals surface area (Å²) in [4.78, 5) is 3.12. The first-order valence-electron chi connectivity index (χ1n) is 8.77. The van der Waals surface area contributed by atoms with Gasteiger partial charge >= 0.3 is 0 Å². The number of benzene rings is 2. The third kappa shape index (κ3) is 2.27. The number of aromatic amines is 1. The molecule has 1 aliphatic heterocycles. The Labute approximate surface area is 151 Å². The zero-order valence-electron chi connectivity index (χ0n) is 15.2. The molecule has 0 fully saturated rings. The minimum Gasteiger partial charge on any atom is -0.390 e. The van der Waals surface area contributed by atoms with E-state index < -0.39 is 29.2 Å². The molecule has 0 aliphatic carbocycles. The van der Waals surface area contributed by atoms with Crippen LogP contribution in [-0.4, -0.2) is 21.7 Å². The van der Waals surface area contributed by atoms with E-state index in [2.05, 4.69) is 10.3 Å². The first-order valence-corrected chi connectivity index (χ1v) is 8.77. The molecule has 1 aliphatic rings. The quantitative estimate of drug-likeness (QED) is 0.569. The van der Waals surface area contributed by atoms with Gasteiger partial charge in [-0.05, 0) is 32.4 Å². The molecule has 3 aromatic rings. The van der Waals surface area contributed by atoms with Crippen molar-refractivity contribution in [2.24, 2.45) is 0 Å². The summed E-state index contributed by atoms with van der Waals surface area (Å²) in [5, 5.41) is 14.6. The SMILES string of the molecule is Cc1c[nH]c2c(-c3c(F)cc4c(c3F)[C@H](C)C(O)C(C)(C)N4)cccc12. The van der Waals surface area contributed by atoms with E-state index in [4.69, 9.17) is 0 Å². The Kier molecular flexibility index (Phi) is 3.63.